The number of anilines is 2. The van der Waals surface area contributed by atoms with Gasteiger partial charge in [-0.15, -0.1) is 0 Å². The number of imidazole rings is 1. The number of fused-ring (bicyclic) bond motifs is 1. The molecule has 1 unspecified atom stereocenters. The van der Waals surface area contributed by atoms with Gasteiger partial charge in [-0.1, -0.05) is 62.7 Å². The number of nitrogen functional groups attached to an aromatic ring is 1. The number of aromatic nitrogens is 2. The number of nitrogens with one attached hydrogen (secondary N) is 2. The fraction of sp³-hybridized carbons (Fsp3) is 0.500. The first-order valence-corrected chi connectivity index (χ1v) is 20.5. The molecule has 2 aliphatic rings. The highest BCUT2D eigenvalue weighted by atomic mass is 35.5. The zero-order chi connectivity index (χ0) is 41.1. The van der Waals surface area contributed by atoms with Gasteiger partial charge >= 0.3 is 12.2 Å². The van der Waals surface area contributed by atoms with Gasteiger partial charge in [-0.05, 0) is 74.7 Å². The standard InChI is InChI=1S/C40H51ClF3N9O2.C2H6/c1-3-15-52(39(55)46-30-9-5-4-6-10-30)31-13-16-51(17-14-31)36(54)27-29(24-28-25-32(40(42,43)44)37(48-45)33(41)26-28)38-47-34-11-7-8-12-35(34)53(38)23-22-50-20-18-49(2)19-21-50;1-2/h4-12,25-26,29,31,48H,3,13-24,27,45H2,1-2H3,(H,46,55);1-2H3. The number of piperazine rings is 1. The van der Waals surface area contributed by atoms with Crippen LogP contribution in [0.2, 0.25) is 5.02 Å². The first-order chi connectivity index (χ1) is 27.4. The molecule has 4 N–H and O–H groups in total. The van der Waals surface area contributed by atoms with Crippen LogP contribution in [0.25, 0.3) is 11.0 Å². The summed E-state index contributed by atoms with van der Waals surface area (Å²) in [4.78, 5) is 41.0. The molecular formula is C42H57ClF3N9O2. The van der Waals surface area contributed by atoms with Crippen LogP contribution in [-0.2, 0) is 23.9 Å². The summed E-state index contributed by atoms with van der Waals surface area (Å²) in [6.07, 6.45) is -2.57. The monoisotopic (exact) mass is 811 g/mol. The van der Waals surface area contributed by atoms with Crippen molar-refractivity contribution < 1.29 is 22.8 Å². The summed E-state index contributed by atoms with van der Waals surface area (Å²) in [5, 5.41) is 2.84. The number of alkyl halides is 3. The van der Waals surface area contributed by atoms with Crippen LogP contribution in [0.3, 0.4) is 0 Å². The Morgan fingerprint density at radius 2 is 1.63 bits per heavy atom. The Labute approximate surface area is 339 Å². The molecule has 0 bridgehead atoms. The second-order valence-corrected chi connectivity index (χ2v) is 15.0. The molecule has 3 amide bonds. The van der Waals surface area contributed by atoms with E-state index in [1.807, 2.05) is 85.2 Å². The van der Waals surface area contributed by atoms with E-state index in [1.54, 1.807) is 0 Å². The van der Waals surface area contributed by atoms with Gasteiger partial charge in [-0.2, -0.15) is 13.2 Å². The number of piperidine rings is 1. The summed E-state index contributed by atoms with van der Waals surface area (Å²) in [7, 11) is 2.11. The molecule has 0 aliphatic carbocycles. The maximum absolute atomic E-state index is 14.3. The molecule has 11 nitrogen and oxygen atoms in total. The molecule has 1 atom stereocenters. The van der Waals surface area contributed by atoms with Crippen LogP contribution in [-0.4, -0.2) is 107 Å². The molecule has 2 fully saturated rings. The van der Waals surface area contributed by atoms with Crippen molar-refractivity contribution in [3.8, 4) is 0 Å². The normalized spacial score (nSPS) is 16.2. The van der Waals surface area contributed by atoms with E-state index in [2.05, 4.69) is 32.2 Å². The quantitative estimate of drug-likeness (QED) is 0.0929. The lowest BCUT2D eigenvalue weighted by molar-refractivity contribution is -0.137. The summed E-state index contributed by atoms with van der Waals surface area (Å²) in [6, 6.07) is 19.4. The van der Waals surface area contributed by atoms with Gasteiger partial charge in [0.25, 0.3) is 0 Å². The summed E-state index contributed by atoms with van der Waals surface area (Å²) >= 11 is 6.39. The minimum Gasteiger partial charge on any atom is -0.343 e. The van der Waals surface area contributed by atoms with E-state index >= 15 is 0 Å². The lowest BCUT2D eigenvalue weighted by atomic mass is 9.92. The molecule has 1 aromatic heterocycles. The Morgan fingerprint density at radius 3 is 2.28 bits per heavy atom. The summed E-state index contributed by atoms with van der Waals surface area (Å²) in [5.41, 5.74) is 3.45. The number of amides is 3. The van der Waals surface area contributed by atoms with Gasteiger partial charge in [0, 0.05) is 83.0 Å². The van der Waals surface area contributed by atoms with Crippen LogP contribution in [0.15, 0.2) is 66.7 Å². The number of likely N-dealkylation sites (tertiary alicyclic amines) is 1. The van der Waals surface area contributed by atoms with Crippen LogP contribution >= 0.6 is 11.6 Å². The molecule has 2 saturated heterocycles. The van der Waals surface area contributed by atoms with E-state index in [0.717, 1.165) is 61.9 Å². The lowest BCUT2D eigenvalue weighted by Gasteiger charge is -2.39. The number of urea groups is 1. The number of nitrogens with zero attached hydrogens (tertiary/aromatic N) is 6. The average Bonchev–Trinajstić information content (AvgIpc) is 3.58. The van der Waals surface area contributed by atoms with Crippen molar-refractivity contribution in [2.45, 2.75) is 77.6 Å². The van der Waals surface area contributed by atoms with Crippen LogP contribution in [0, 0.1) is 0 Å². The molecular weight excluding hydrogens is 755 g/mol. The fourth-order valence-corrected chi connectivity index (χ4v) is 8.11. The number of benzene rings is 3. The number of halogens is 4. The molecule has 3 heterocycles. The maximum Gasteiger partial charge on any atom is 0.418 e. The zero-order valence-corrected chi connectivity index (χ0v) is 34.2. The van der Waals surface area contributed by atoms with Crippen molar-refractivity contribution in [2.24, 2.45) is 5.84 Å². The Morgan fingerprint density at radius 1 is 0.965 bits per heavy atom. The smallest absolute Gasteiger partial charge is 0.343 e. The number of para-hydroxylation sites is 3. The fourth-order valence-electron chi connectivity index (χ4n) is 7.82. The predicted octanol–water partition coefficient (Wildman–Crippen LogP) is 7.92. The number of rotatable bonds is 13. The van der Waals surface area contributed by atoms with Gasteiger partial charge in [-0.3, -0.25) is 15.5 Å². The second-order valence-electron chi connectivity index (χ2n) is 14.6. The second kappa shape index (κ2) is 20.4. The molecule has 57 heavy (non-hydrogen) atoms. The summed E-state index contributed by atoms with van der Waals surface area (Å²) < 4.78 is 44.9. The Hall–Kier alpha value is -4.37. The van der Waals surface area contributed by atoms with Crippen molar-refractivity contribution in [3.63, 3.8) is 0 Å². The topological polar surface area (TPSA) is 115 Å². The van der Waals surface area contributed by atoms with Crippen molar-refractivity contribution in [2.75, 3.05) is 70.1 Å². The minimum atomic E-state index is -4.71. The number of hydrogen-bond donors (Lipinski definition) is 3. The summed E-state index contributed by atoms with van der Waals surface area (Å²) in [5.74, 6) is 5.45. The molecule has 2 aliphatic heterocycles. The number of hydrazine groups is 1. The number of carbonyl (C=O) groups is 2. The molecule has 6 rings (SSSR count). The van der Waals surface area contributed by atoms with E-state index < -0.39 is 23.3 Å². The summed E-state index contributed by atoms with van der Waals surface area (Å²) in [6.45, 7) is 12.7. The average molecular weight is 812 g/mol. The van der Waals surface area contributed by atoms with Gasteiger partial charge < -0.3 is 30.0 Å². The van der Waals surface area contributed by atoms with Gasteiger partial charge in [0.05, 0.1) is 27.3 Å². The molecule has 310 valence electrons. The zero-order valence-electron chi connectivity index (χ0n) is 33.5. The third-order valence-corrected chi connectivity index (χ3v) is 11.1. The first kappa shape index (κ1) is 43.7. The highest BCUT2D eigenvalue weighted by Gasteiger charge is 2.36. The highest BCUT2D eigenvalue weighted by molar-refractivity contribution is 6.33. The van der Waals surface area contributed by atoms with Crippen molar-refractivity contribution in [1.29, 1.82) is 0 Å². The van der Waals surface area contributed by atoms with Crippen molar-refractivity contribution in [1.82, 2.24) is 29.2 Å². The largest absolute Gasteiger partial charge is 0.418 e. The Bertz CT molecular complexity index is 1910. The lowest BCUT2D eigenvalue weighted by Crippen LogP contribution is -2.50. The first-order valence-electron chi connectivity index (χ1n) is 20.1. The number of likely N-dealkylation sites (N-methyl/N-ethyl adjacent to an activating group) is 1. The Kier molecular flexibility index (Phi) is 15.6. The van der Waals surface area contributed by atoms with E-state index in [1.165, 1.54) is 6.07 Å². The molecule has 0 radical (unpaired) electrons. The SMILES string of the molecule is CC.CCCN(C(=O)Nc1ccccc1)C1CCN(C(=O)CC(Cc2cc(Cl)c(NN)c(C(F)(F)F)c2)c2nc3ccccc3n2CCN2CCN(C)CC2)CC1. The van der Waals surface area contributed by atoms with Crippen molar-refractivity contribution in [3.05, 3.63) is 88.7 Å². The van der Waals surface area contributed by atoms with Gasteiger partial charge in [0.1, 0.15) is 5.82 Å². The third kappa shape index (κ3) is 11.2. The molecule has 0 spiro atoms. The van der Waals surface area contributed by atoms with Gasteiger partial charge in [0.2, 0.25) is 5.91 Å². The van der Waals surface area contributed by atoms with Crippen LogP contribution in [0.1, 0.15) is 69.3 Å². The highest BCUT2D eigenvalue weighted by Crippen LogP contribution is 2.40. The van der Waals surface area contributed by atoms with Crippen LogP contribution in [0.4, 0.5) is 29.3 Å². The van der Waals surface area contributed by atoms with E-state index in [4.69, 9.17) is 22.4 Å². The van der Waals surface area contributed by atoms with Crippen LogP contribution in [0.5, 0.6) is 0 Å². The predicted molar refractivity (Wildman–Crippen MR) is 222 cm³/mol. The molecule has 15 heteroatoms. The number of hydrogen-bond acceptors (Lipinski definition) is 7. The number of nitrogens with two attached hydrogens (primary N) is 1. The molecule has 0 saturated carbocycles. The van der Waals surface area contributed by atoms with Gasteiger partial charge in [0.15, 0.2) is 0 Å². The van der Waals surface area contributed by atoms with E-state index in [9.17, 15) is 22.8 Å². The van der Waals surface area contributed by atoms with Crippen LogP contribution < -0.4 is 16.6 Å². The Balaban J connectivity index is 0.00000305. The third-order valence-electron chi connectivity index (χ3n) is 10.8. The minimum absolute atomic E-state index is 0.0333. The number of carbonyl (C=O) groups excluding carboxylic acids is 2. The molecule has 4 aromatic rings. The van der Waals surface area contributed by atoms with Gasteiger partial charge in [-0.25, -0.2) is 9.78 Å². The van der Waals surface area contributed by atoms with Crippen molar-refractivity contribution >= 4 is 45.9 Å². The molecule has 3 aromatic carbocycles. The van der Waals surface area contributed by atoms with E-state index in [0.29, 0.717) is 50.4 Å². The van der Waals surface area contributed by atoms with E-state index in [-0.39, 0.29) is 35.8 Å². The maximum atomic E-state index is 14.3.